The van der Waals surface area contributed by atoms with Crippen LogP contribution < -0.4 is 10.2 Å². The number of esters is 1. The van der Waals surface area contributed by atoms with Crippen LogP contribution in [0, 0.1) is 10.1 Å². The summed E-state index contributed by atoms with van der Waals surface area (Å²) in [6.45, 7) is 8.28. The van der Waals surface area contributed by atoms with Gasteiger partial charge in [-0.15, -0.1) is 0 Å². The van der Waals surface area contributed by atoms with Crippen molar-refractivity contribution >= 4 is 40.5 Å². The molecular weight excluding hydrogens is 436 g/mol. The molecule has 0 aromatic heterocycles. The van der Waals surface area contributed by atoms with Crippen LogP contribution in [0.25, 0.3) is 0 Å². The molecule has 1 aliphatic rings. The second kappa shape index (κ2) is 10.4. The van der Waals surface area contributed by atoms with Crippen molar-refractivity contribution in [2.45, 2.75) is 13.8 Å². The van der Waals surface area contributed by atoms with Crippen LogP contribution in [0.1, 0.15) is 34.6 Å². The molecule has 1 saturated heterocycles. The number of nitrogens with one attached hydrogen (secondary N) is 1. The molecule has 0 bridgehead atoms. The predicted octanol–water partition coefficient (Wildman–Crippen LogP) is 3.82. The van der Waals surface area contributed by atoms with E-state index in [2.05, 4.69) is 22.0 Å². The zero-order valence-corrected chi connectivity index (χ0v) is 18.7. The summed E-state index contributed by atoms with van der Waals surface area (Å²) in [4.78, 5) is 40.2. The Morgan fingerprint density at radius 2 is 1.84 bits per heavy atom. The largest absolute Gasteiger partial charge is 0.462 e. The first-order chi connectivity index (χ1) is 15.3. The van der Waals surface area contributed by atoms with Gasteiger partial charge in [-0.2, -0.15) is 0 Å². The number of hydrogen-bond acceptors (Lipinski definition) is 7. The minimum absolute atomic E-state index is 0.0239. The number of nitro benzene ring substituents is 1. The van der Waals surface area contributed by atoms with Crippen LogP contribution in [0.4, 0.5) is 17.1 Å². The summed E-state index contributed by atoms with van der Waals surface area (Å²) in [5, 5.41) is 14.0. The van der Waals surface area contributed by atoms with Crippen molar-refractivity contribution in [3.05, 3.63) is 62.7 Å². The van der Waals surface area contributed by atoms with Gasteiger partial charge in [0.1, 0.15) is 0 Å². The number of carbonyl (C=O) groups is 2. The smallest absolute Gasteiger partial charge is 0.338 e. The van der Waals surface area contributed by atoms with E-state index in [1.165, 1.54) is 12.1 Å². The third-order valence-electron chi connectivity index (χ3n) is 5.32. The average molecular weight is 461 g/mol. The number of anilines is 2. The average Bonchev–Trinajstić information content (AvgIpc) is 2.79. The molecule has 1 aliphatic heterocycles. The maximum absolute atomic E-state index is 13.0. The molecule has 1 heterocycles. The SMILES string of the molecule is CCOC(=O)c1ccc(N2CCN(CC)CC2)c(NC(=O)c2cc([N+](=O)[O-])ccc2Cl)c1. The van der Waals surface area contributed by atoms with E-state index in [-0.39, 0.29) is 22.9 Å². The van der Waals surface area contributed by atoms with Gasteiger partial charge < -0.3 is 19.9 Å². The van der Waals surface area contributed by atoms with E-state index >= 15 is 0 Å². The summed E-state index contributed by atoms with van der Waals surface area (Å²) in [5.41, 5.74) is 1.19. The lowest BCUT2D eigenvalue weighted by Gasteiger charge is -2.36. The zero-order chi connectivity index (χ0) is 23.3. The van der Waals surface area contributed by atoms with Gasteiger partial charge in [-0.25, -0.2) is 4.79 Å². The van der Waals surface area contributed by atoms with E-state index in [9.17, 15) is 19.7 Å². The lowest BCUT2D eigenvalue weighted by atomic mass is 10.1. The van der Waals surface area contributed by atoms with Crippen molar-refractivity contribution in [3.8, 4) is 0 Å². The van der Waals surface area contributed by atoms with Crippen molar-refractivity contribution in [2.75, 3.05) is 49.5 Å². The fraction of sp³-hybridized carbons (Fsp3) is 0.364. The molecule has 2 aromatic rings. The Kier molecular flexibility index (Phi) is 7.66. The van der Waals surface area contributed by atoms with E-state index in [0.29, 0.717) is 11.3 Å². The second-order valence-electron chi connectivity index (χ2n) is 7.25. The third kappa shape index (κ3) is 5.35. The van der Waals surface area contributed by atoms with Crippen LogP contribution in [-0.2, 0) is 4.74 Å². The third-order valence-corrected chi connectivity index (χ3v) is 5.65. The Balaban J connectivity index is 1.94. The van der Waals surface area contributed by atoms with Gasteiger partial charge in [0.2, 0.25) is 0 Å². The van der Waals surface area contributed by atoms with Crippen LogP contribution in [0.2, 0.25) is 5.02 Å². The molecule has 3 rings (SSSR count). The molecule has 1 fully saturated rings. The summed E-state index contributed by atoms with van der Waals surface area (Å²) in [5.74, 6) is -1.10. The van der Waals surface area contributed by atoms with Gasteiger partial charge >= 0.3 is 5.97 Å². The molecule has 0 aliphatic carbocycles. The molecule has 1 amide bonds. The number of nitro groups is 1. The Labute approximate surface area is 191 Å². The zero-order valence-electron chi connectivity index (χ0n) is 18.0. The van der Waals surface area contributed by atoms with E-state index in [4.69, 9.17) is 16.3 Å². The number of rotatable bonds is 7. The number of hydrogen-bond donors (Lipinski definition) is 1. The normalized spacial score (nSPS) is 14.2. The maximum Gasteiger partial charge on any atom is 0.338 e. The van der Waals surface area contributed by atoms with E-state index in [1.807, 2.05) is 0 Å². The number of ether oxygens (including phenoxy) is 1. The molecular formula is C22H25ClN4O5. The molecule has 1 N–H and O–H groups in total. The van der Waals surface area contributed by atoms with Crippen LogP contribution >= 0.6 is 11.6 Å². The number of piperazine rings is 1. The van der Waals surface area contributed by atoms with Gasteiger partial charge in [-0.05, 0) is 37.7 Å². The minimum atomic E-state index is -0.604. The molecule has 2 aromatic carbocycles. The molecule has 170 valence electrons. The van der Waals surface area contributed by atoms with Crippen LogP contribution in [0.5, 0.6) is 0 Å². The second-order valence-corrected chi connectivity index (χ2v) is 7.66. The van der Waals surface area contributed by atoms with Gasteiger partial charge in [0.05, 0.1) is 39.1 Å². The fourth-order valence-corrected chi connectivity index (χ4v) is 3.75. The standard InChI is InChI=1S/C22H25ClN4O5/c1-3-25-9-11-26(12-10-25)20-8-5-15(22(29)32-4-2)13-19(20)24-21(28)17-14-16(27(30)31)6-7-18(17)23/h5-8,13-14H,3-4,9-12H2,1-2H3,(H,24,28). The monoisotopic (exact) mass is 460 g/mol. The Morgan fingerprint density at radius 1 is 1.12 bits per heavy atom. The predicted molar refractivity (Wildman–Crippen MR) is 123 cm³/mol. The van der Waals surface area contributed by atoms with Crippen molar-refractivity contribution in [1.29, 1.82) is 0 Å². The molecule has 0 unspecified atom stereocenters. The summed E-state index contributed by atoms with van der Waals surface area (Å²) in [6, 6.07) is 8.68. The van der Waals surface area contributed by atoms with Crippen molar-refractivity contribution in [2.24, 2.45) is 0 Å². The van der Waals surface area contributed by atoms with Crippen molar-refractivity contribution < 1.29 is 19.2 Å². The highest BCUT2D eigenvalue weighted by Crippen LogP contribution is 2.30. The number of halogens is 1. The van der Waals surface area contributed by atoms with Gasteiger partial charge in [-0.3, -0.25) is 14.9 Å². The summed E-state index contributed by atoms with van der Waals surface area (Å²) >= 11 is 6.13. The lowest BCUT2D eigenvalue weighted by molar-refractivity contribution is -0.384. The summed E-state index contributed by atoms with van der Waals surface area (Å²) in [6.07, 6.45) is 0. The van der Waals surface area contributed by atoms with Crippen LogP contribution in [-0.4, -0.2) is 61.0 Å². The quantitative estimate of drug-likeness (QED) is 0.380. The van der Waals surface area contributed by atoms with Gasteiger partial charge in [0, 0.05) is 38.3 Å². The van der Waals surface area contributed by atoms with E-state index in [0.717, 1.165) is 44.5 Å². The van der Waals surface area contributed by atoms with Gasteiger partial charge in [-0.1, -0.05) is 18.5 Å². The number of amides is 1. The Morgan fingerprint density at radius 3 is 2.47 bits per heavy atom. The highest BCUT2D eigenvalue weighted by atomic mass is 35.5. The molecule has 9 nitrogen and oxygen atoms in total. The van der Waals surface area contributed by atoms with Crippen LogP contribution in [0.3, 0.4) is 0 Å². The fourth-order valence-electron chi connectivity index (χ4n) is 3.55. The van der Waals surface area contributed by atoms with Crippen LogP contribution in [0.15, 0.2) is 36.4 Å². The number of likely N-dealkylation sites (N-methyl/N-ethyl adjacent to an activating group) is 1. The molecule has 0 atom stereocenters. The van der Waals surface area contributed by atoms with E-state index in [1.54, 1.807) is 25.1 Å². The topological polar surface area (TPSA) is 105 Å². The lowest BCUT2D eigenvalue weighted by Crippen LogP contribution is -2.46. The van der Waals surface area contributed by atoms with Crippen molar-refractivity contribution in [3.63, 3.8) is 0 Å². The highest BCUT2D eigenvalue weighted by Gasteiger charge is 2.22. The molecule has 0 spiro atoms. The first kappa shape index (κ1) is 23.5. The molecule has 32 heavy (non-hydrogen) atoms. The molecule has 10 heteroatoms. The van der Waals surface area contributed by atoms with Crippen molar-refractivity contribution in [1.82, 2.24) is 4.90 Å². The minimum Gasteiger partial charge on any atom is -0.462 e. The number of nitrogens with zero attached hydrogens (tertiary/aromatic N) is 3. The Hall–Kier alpha value is -3.17. The molecule has 0 saturated carbocycles. The summed E-state index contributed by atoms with van der Waals surface area (Å²) < 4.78 is 5.08. The number of carbonyl (C=O) groups excluding carboxylic acids is 2. The Bertz CT molecular complexity index is 1020. The van der Waals surface area contributed by atoms with E-state index < -0.39 is 16.8 Å². The maximum atomic E-state index is 13.0. The highest BCUT2D eigenvalue weighted by molar-refractivity contribution is 6.34. The first-order valence-corrected chi connectivity index (χ1v) is 10.8. The van der Waals surface area contributed by atoms with Gasteiger partial charge in [0.15, 0.2) is 0 Å². The summed E-state index contributed by atoms with van der Waals surface area (Å²) in [7, 11) is 0. The number of non-ortho nitro benzene ring substituents is 1. The van der Waals surface area contributed by atoms with Gasteiger partial charge in [0.25, 0.3) is 11.6 Å². The number of benzene rings is 2. The first-order valence-electron chi connectivity index (χ1n) is 10.4. The molecule has 0 radical (unpaired) electrons.